The molecule has 92 valence electrons. The molecule has 0 fully saturated rings. The lowest BCUT2D eigenvalue weighted by molar-refractivity contribution is -0.393. The molecule has 17 heavy (non-hydrogen) atoms. The Kier molecular flexibility index (Phi) is 2.72. The van der Waals surface area contributed by atoms with Gasteiger partial charge in [0.25, 0.3) is 5.91 Å². The fraction of sp³-hybridized carbons (Fsp3) is 0.462. The van der Waals surface area contributed by atoms with E-state index in [9.17, 15) is 4.79 Å². The number of hydrogen-bond donors (Lipinski definition) is 1. The molecule has 0 bridgehead atoms. The minimum absolute atomic E-state index is 0.206. The monoisotopic (exact) mass is 235 g/mol. The van der Waals surface area contributed by atoms with Crippen LogP contribution in [0.4, 0.5) is 5.69 Å². The smallest absolute Gasteiger partial charge is 0.264 e. The zero-order chi connectivity index (χ0) is 12.7. The molecule has 0 radical (unpaired) electrons. The zero-order valence-corrected chi connectivity index (χ0v) is 10.5. The number of rotatable bonds is 2. The highest BCUT2D eigenvalue weighted by Gasteiger charge is 2.45. The quantitative estimate of drug-likeness (QED) is 0.633. The first-order chi connectivity index (χ1) is 7.83. The van der Waals surface area contributed by atoms with Crippen molar-refractivity contribution in [2.24, 2.45) is 0 Å². The topological polar surface area (TPSA) is 47.6 Å². The van der Waals surface area contributed by atoms with Gasteiger partial charge in [-0.15, -0.1) is 0 Å². The molecule has 1 N–H and O–H groups in total. The second-order valence-electron chi connectivity index (χ2n) is 5.31. The van der Waals surface area contributed by atoms with E-state index < -0.39 is 11.2 Å². The molecule has 0 unspecified atom stereocenters. The van der Waals surface area contributed by atoms with E-state index in [1.807, 2.05) is 45.0 Å². The number of benzene rings is 1. The lowest BCUT2D eigenvalue weighted by Crippen LogP contribution is -2.37. The number of carbonyl (C=O) groups is 1. The Labute approximate surface area is 101 Å². The average molecular weight is 235 g/mol. The van der Waals surface area contributed by atoms with Gasteiger partial charge in [-0.3, -0.25) is 4.79 Å². The Morgan fingerprint density at radius 2 is 1.88 bits per heavy atom. The normalized spacial score (nSPS) is 23.4. The molecule has 4 heteroatoms. The van der Waals surface area contributed by atoms with Gasteiger partial charge < -0.3 is 5.32 Å². The van der Waals surface area contributed by atoms with Crippen LogP contribution in [-0.2, 0) is 20.2 Å². The molecule has 1 aliphatic rings. The fourth-order valence-electron chi connectivity index (χ4n) is 1.66. The van der Waals surface area contributed by atoms with Crippen LogP contribution in [0.5, 0.6) is 0 Å². The summed E-state index contributed by atoms with van der Waals surface area (Å²) in [6, 6.07) is 7.45. The highest BCUT2D eigenvalue weighted by Crippen LogP contribution is 2.39. The van der Waals surface area contributed by atoms with Crippen molar-refractivity contribution in [3.8, 4) is 0 Å². The van der Waals surface area contributed by atoms with Gasteiger partial charge in [0.2, 0.25) is 5.60 Å². The molecule has 0 saturated heterocycles. The van der Waals surface area contributed by atoms with Crippen LogP contribution in [0.25, 0.3) is 0 Å². The molecular weight excluding hydrogens is 218 g/mol. The third kappa shape index (κ3) is 2.18. The van der Waals surface area contributed by atoms with Gasteiger partial charge in [0.05, 0.1) is 5.60 Å². The van der Waals surface area contributed by atoms with Crippen molar-refractivity contribution < 1.29 is 14.6 Å². The van der Waals surface area contributed by atoms with E-state index in [0.717, 1.165) is 11.3 Å². The first-order valence-corrected chi connectivity index (χ1v) is 5.61. The molecule has 1 aliphatic heterocycles. The van der Waals surface area contributed by atoms with E-state index in [4.69, 9.17) is 9.78 Å². The number of amides is 1. The summed E-state index contributed by atoms with van der Waals surface area (Å²) in [6.45, 7) is 7.32. The summed E-state index contributed by atoms with van der Waals surface area (Å²) in [5, 5.41) is 2.78. The third-order valence-corrected chi connectivity index (χ3v) is 2.58. The molecule has 0 saturated carbocycles. The van der Waals surface area contributed by atoms with Crippen LogP contribution in [0, 0.1) is 0 Å². The van der Waals surface area contributed by atoms with E-state index in [1.54, 1.807) is 6.92 Å². The second-order valence-corrected chi connectivity index (χ2v) is 5.31. The Hall–Kier alpha value is -1.39. The van der Waals surface area contributed by atoms with Crippen molar-refractivity contribution in [1.29, 1.82) is 0 Å². The Bertz CT molecular complexity index is 450. The minimum atomic E-state index is -1.08. The zero-order valence-electron chi connectivity index (χ0n) is 10.5. The van der Waals surface area contributed by atoms with E-state index in [2.05, 4.69) is 5.32 Å². The lowest BCUT2D eigenvalue weighted by Gasteiger charge is -2.26. The summed E-state index contributed by atoms with van der Waals surface area (Å²) in [4.78, 5) is 22.6. The minimum Gasteiger partial charge on any atom is -0.323 e. The van der Waals surface area contributed by atoms with Crippen molar-refractivity contribution in [2.45, 2.75) is 38.9 Å². The van der Waals surface area contributed by atoms with Crippen LogP contribution in [0.2, 0.25) is 0 Å². The standard InChI is InChI=1S/C13H17NO3/c1-12(2,3)16-17-13(4)9-7-5-6-8-10(9)14-11(13)15/h5-8H,1-4H3,(H,14,15)/t13-/m1/s1. The van der Waals surface area contributed by atoms with Gasteiger partial charge in [0, 0.05) is 11.3 Å². The van der Waals surface area contributed by atoms with Crippen LogP contribution in [0.1, 0.15) is 33.3 Å². The maximum atomic E-state index is 12.0. The molecule has 0 spiro atoms. The van der Waals surface area contributed by atoms with E-state index in [1.165, 1.54) is 0 Å². The molecule has 1 aromatic carbocycles. The van der Waals surface area contributed by atoms with Crippen molar-refractivity contribution >= 4 is 11.6 Å². The second kappa shape index (κ2) is 3.82. The van der Waals surface area contributed by atoms with Gasteiger partial charge in [-0.25, -0.2) is 9.78 Å². The molecule has 2 rings (SSSR count). The number of hydrogen-bond acceptors (Lipinski definition) is 3. The number of para-hydroxylation sites is 1. The molecule has 0 aliphatic carbocycles. The predicted molar refractivity (Wildman–Crippen MR) is 64.3 cm³/mol. The molecule has 4 nitrogen and oxygen atoms in total. The van der Waals surface area contributed by atoms with Crippen molar-refractivity contribution in [2.75, 3.05) is 5.32 Å². The summed E-state index contributed by atoms with van der Waals surface area (Å²) in [6.07, 6.45) is 0. The number of fused-ring (bicyclic) bond motifs is 1. The Morgan fingerprint density at radius 1 is 1.24 bits per heavy atom. The van der Waals surface area contributed by atoms with Gasteiger partial charge in [-0.2, -0.15) is 0 Å². The Morgan fingerprint density at radius 3 is 2.53 bits per heavy atom. The first kappa shape index (κ1) is 12.1. The largest absolute Gasteiger partial charge is 0.323 e. The molecular formula is C13H17NO3. The highest BCUT2D eigenvalue weighted by molar-refractivity contribution is 6.04. The van der Waals surface area contributed by atoms with Gasteiger partial charge in [-0.1, -0.05) is 18.2 Å². The number of carbonyl (C=O) groups excluding carboxylic acids is 1. The molecule has 0 aromatic heterocycles. The van der Waals surface area contributed by atoms with Crippen LogP contribution in [-0.4, -0.2) is 11.5 Å². The first-order valence-electron chi connectivity index (χ1n) is 5.61. The summed E-state index contributed by atoms with van der Waals surface area (Å²) in [7, 11) is 0. The fourth-order valence-corrected chi connectivity index (χ4v) is 1.66. The predicted octanol–water partition coefficient (Wildman–Crippen LogP) is 2.60. The summed E-state index contributed by atoms with van der Waals surface area (Å²) < 4.78 is 0. The molecule has 1 heterocycles. The highest BCUT2D eigenvalue weighted by atomic mass is 17.2. The number of anilines is 1. The lowest BCUT2D eigenvalue weighted by atomic mass is 9.98. The van der Waals surface area contributed by atoms with Crippen molar-refractivity contribution in [3.05, 3.63) is 29.8 Å². The average Bonchev–Trinajstić information content (AvgIpc) is 2.49. The summed E-state index contributed by atoms with van der Waals surface area (Å²) in [5.41, 5.74) is 0.0387. The van der Waals surface area contributed by atoms with E-state index in [-0.39, 0.29) is 5.91 Å². The van der Waals surface area contributed by atoms with E-state index in [0.29, 0.717) is 0 Å². The number of nitrogens with one attached hydrogen (secondary N) is 1. The van der Waals surface area contributed by atoms with Gasteiger partial charge in [0.15, 0.2) is 0 Å². The van der Waals surface area contributed by atoms with E-state index >= 15 is 0 Å². The Balaban J connectivity index is 2.28. The molecule has 1 atom stereocenters. The maximum absolute atomic E-state index is 12.0. The summed E-state index contributed by atoms with van der Waals surface area (Å²) >= 11 is 0. The van der Waals surface area contributed by atoms with Crippen molar-refractivity contribution in [3.63, 3.8) is 0 Å². The van der Waals surface area contributed by atoms with Crippen LogP contribution >= 0.6 is 0 Å². The van der Waals surface area contributed by atoms with Gasteiger partial charge in [-0.05, 0) is 33.8 Å². The van der Waals surface area contributed by atoms with Crippen molar-refractivity contribution in [1.82, 2.24) is 0 Å². The molecule has 1 aromatic rings. The van der Waals surface area contributed by atoms with Gasteiger partial charge >= 0.3 is 0 Å². The third-order valence-electron chi connectivity index (χ3n) is 2.58. The van der Waals surface area contributed by atoms with Crippen LogP contribution in [0.15, 0.2) is 24.3 Å². The van der Waals surface area contributed by atoms with Gasteiger partial charge in [0.1, 0.15) is 0 Å². The SMILES string of the molecule is CC(C)(C)OO[C@@]1(C)C(=O)Nc2ccccc21. The van der Waals surface area contributed by atoms with Crippen LogP contribution < -0.4 is 5.32 Å². The molecule has 1 amide bonds. The maximum Gasteiger partial charge on any atom is 0.264 e. The van der Waals surface area contributed by atoms with Crippen LogP contribution in [0.3, 0.4) is 0 Å². The summed E-state index contributed by atoms with van der Waals surface area (Å²) in [5.74, 6) is -0.206.